The fourth-order valence-electron chi connectivity index (χ4n) is 1.64. The number of aliphatic hydroxyl groups is 1. The Morgan fingerprint density at radius 3 is 2.73 bits per heavy atom. The van der Waals surface area contributed by atoms with Gasteiger partial charge in [0.1, 0.15) is 0 Å². The summed E-state index contributed by atoms with van der Waals surface area (Å²) in [7, 11) is -2.97. The lowest BCUT2D eigenvalue weighted by Gasteiger charge is -2.10. The number of nitrogens with one attached hydrogen (secondary N) is 1. The predicted octanol–water partition coefficient (Wildman–Crippen LogP) is -0.548. The minimum atomic E-state index is -2.97. The Morgan fingerprint density at radius 2 is 2.20 bits per heavy atom. The van der Waals surface area contributed by atoms with E-state index in [4.69, 9.17) is 5.11 Å². The van der Waals surface area contributed by atoms with Crippen molar-refractivity contribution in [3.05, 3.63) is 0 Å². The Balaban J connectivity index is 2.28. The number of aliphatic hydroxyl groups excluding tert-OH is 1. The summed E-state index contributed by atoms with van der Waals surface area (Å²) in [5, 5.41) is 10.7. The number of carbonyl (C=O) groups excluding carboxylic acids is 1. The van der Waals surface area contributed by atoms with Crippen LogP contribution in [-0.2, 0) is 14.6 Å². The maximum absolute atomic E-state index is 11.4. The number of sulfone groups is 1. The zero-order chi connectivity index (χ0) is 11.3. The van der Waals surface area contributed by atoms with Crippen molar-refractivity contribution in [2.75, 3.05) is 18.9 Å². The highest BCUT2D eigenvalue weighted by molar-refractivity contribution is 7.92. The molecule has 1 heterocycles. The summed E-state index contributed by atoms with van der Waals surface area (Å²) in [6, 6.07) is 0. The molecule has 0 radical (unpaired) electrons. The monoisotopic (exact) mass is 235 g/mol. The molecule has 0 bridgehead atoms. The van der Waals surface area contributed by atoms with Crippen LogP contribution in [-0.4, -0.2) is 43.6 Å². The minimum Gasteiger partial charge on any atom is -0.396 e. The second-order valence-electron chi connectivity index (χ2n) is 3.76. The van der Waals surface area contributed by atoms with Gasteiger partial charge in [0.15, 0.2) is 9.84 Å². The third-order valence-electron chi connectivity index (χ3n) is 2.55. The maximum Gasteiger partial charge on any atom is 0.220 e. The first-order valence-corrected chi connectivity index (χ1v) is 6.87. The molecule has 0 aliphatic carbocycles. The average Bonchev–Trinajstić information content (AvgIpc) is 2.51. The molecule has 1 amide bonds. The molecule has 15 heavy (non-hydrogen) atoms. The first-order chi connectivity index (χ1) is 7.06. The van der Waals surface area contributed by atoms with Crippen molar-refractivity contribution in [1.82, 2.24) is 5.32 Å². The Morgan fingerprint density at radius 1 is 1.47 bits per heavy atom. The third-order valence-corrected chi connectivity index (χ3v) is 4.83. The van der Waals surface area contributed by atoms with Gasteiger partial charge in [-0.15, -0.1) is 0 Å². The number of carbonyl (C=O) groups is 1. The van der Waals surface area contributed by atoms with Crippen molar-refractivity contribution in [2.45, 2.75) is 30.9 Å². The summed E-state index contributed by atoms with van der Waals surface area (Å²) in [6.07, 6.45) is 2.01. The van der Waals surface area contributed by atoms with E-state index in [0.717, 1.165) is 0 Å². The van der Waals surface area contributed by atoms with E-state index in [1.807, 2.05) is 0 Å². The number of amides is 1. The lowest BCUT2D eigenvalue weighted by molar-refractivity contribution is -0.121. The van der Waals surface area contributed by atoms with Gasteiger partial charge < -0.3 is 10.4 Å². The number of hydrogen-bond acceptors (Lipinski definition) is 4. The molecule has 1 saturated heterocycles. The molecule has 1 fully saturated rings. The number of hydrogen-bond donors (Lipinski definition) is 2. The maximum atomic E-state index is 11.4. The van der Waals surface area contributed by atoms with Crippen molar-refractivity contribution in [1.29, 1.82) is 0 Å². The summed E-state index contributed by atoms with van der Waals surface area (Å²) in [4.78, 5) is 11.2. The van der Waals surface area contributed by atoms with Gasteiger partial charge in [-0.3, -0.25) is 4.79 Å². The van der Waals surface area contributed by atoms with E-state index in [2.05, 4.69) is 5.32 Å². The van der Waals surface area contributed by atoms with Gasteiger partial charge in [0, 0.05) is 19.6 Å². The van der Waals surface area contributed by atoms with E-state index in [1.54, 1.807) is 0 Å². The normalized spacial score (nSPS) is 23.9. The van der Waals surface area contributed by atoms with Crippen LogP contribution in [0.2, 0.25) is 0 Å². The van der Waals surface area contributed by atoms with Crippen LogP contribution in [0.15, 0.2) is 0 Å². The molecule has 1 atom stereocenters. The topological polar surface area (TPSA) is 83.5 Å². The molecule has 6 heteroatoms. The zero-order valence-corrected chi connectivity index (χ0v) is 9.42. The van der Waals surface area contributed by atoms with Gasteiger partial charge in [-0.25, -0.2) is 8.42 Å². The van der Waals surface area contributed by atoms with Crippen LogP contribution in [0.4, 0.5) is 0 Å². The van der Waals surface area contributed by atoms with Crippen molar-refractivity contribution in [3.8, 4) is 0 Å². The van der Waals surface area contributed by atoms with Crippen LogP contribution < -0.4 is 5.32 Å². The fraction of sp³-hybridized carbons (Fsp3) is 0.889. The van der Waals surface area contributed by atoms with Gasteiger partial charge in [0.05, 0.1) is 11.0 Å². The fourth-order valence-corrected chi connectivity index (χ4v) is 3.41. The summed E-state index contributed by atoms with van der Waals surface area (Å²) in [5.74, 6) is 0.0515. The van der Waals surface area contributed by atoms with Crippen LogP contribution >= 0.6 is 0 Å². The van der Waals surface area contributed by atoms with Crippen molar-refractivity contribution in [2.24, 2.45) is 0 Å². The Hall–Kier alpha value is -0.620. The summed E-state index contributed by atoms with van der Waals surface area (Å²) < 4.78 is 22.8. The lowest BCUT2D eigenvalue weighted by Crippen LogP contribution is -2.34. The first-order valence-electron chi connectivity index (χ1n) is 5.15. The molecular formula is C9H17NO4S. The van der Waals surface area contributed by atoms with E-state index in [-0.39, 0.29) is 31.2 Å². The molecule has 0 aromatic rings. The van der Waals surface area contributed by atoms with Gasteiger partial charge >= 0.3 is 0 Å². The summed E-state index contributed by atoms with van der Waals surface area (Å²) in [6.45, 7) is 0.196. The molecular weight excluding hydrogens is 218 g/mol. The average molecular weight is 235 g/mol. The standard InChI is InChI=1S/C9H17NO4S/c11-5-1-4-9(12)10-7-8-3-2-6-15(8,13)14/h8,11H,1-7H2,(H,10,12). The molecule has 2 N–H and O–H groups in total. The zero-order valence-electron chi connectivity index (χ0n) is 8.61. The molecule has 1 rings (SSSR count). The summed E-state index contributed by atoms with van der Waals surface area (Å²) in [5.41, 5.74) is 0. The van der Waals surface area contributed by atoms with E-state index in [9.17, 15) is 13.2 Å². The smallest absolute Gasteiger partial charge is 0.220 e. The Labute approximate surface area is 89.8 Å². The molecule has 5 nitrogen and oxygen atoms in total. The quantitative estimate of drug-likeness (QED) is 0.670. The third kappa shape index (κ3) is 3.79. The van der Waals surface area contributed by atoms with E-state index in [0.29, 0.717) is 19.3 Å². The van der Waals surface area contributed by atoms with Crippen LogP contribution in [0.3, 0.4) is 0 Å². The van der Waals surface area contributed by atoms with Crippen LogP contribution in [0.25, 0.3) is 0 Å². The van der Waals surface area contributed by atoms with Crippen molar-refractivity contribution >= 4 is 15.7 Å². The van der Waals surface area contributed by atoms with Gasteiger partial charge in [-0.2, -0.15) is 0 Å². The Kier molecular flexibility index (Phi) is 4.53. The molecule has 0 saturated carbocycles. The SMILES string of the molecule is O=C(CCCO)NCC1CCCS1(=O)=O. The van der Waals surface area contributed by atoms with Crippen LogP contribution in [0.1, 0.15) is 25.7 Å². The highest BCUT2D eigenvalue weighted by atomic mass is 32.2. The minimum absolute atomic E-state index is 0.0187. The highest BCUT2D eigenvalue weighted by Crippen LogP contribution is 2.18. The van der Waals surface area contributed by atoms with E-state index in [1.165, 1.54) is 0 Å². The van der Waals surface area contributed by atoms with Crippen LogP contribution in [0.5, 0.6) is 0 Å². The lowest BCUT2D eigenvalue weighted by atomic mass is 10.2. The molecule has 0 spiro atoms. The first kappa shape index (κ1) is 12.4. The van der Waals surface area contributed by atoms with E-state index >= 15 is 0 Å². The predicted molar refractivity (Wildman–Crippen MR) is 56.1 cm³/mol. The van der Waals surface area contributed by atoms with Gasteiger partial charge in [-0.05, 0) is 19.3 Å². The van der Waals surface area contributed by atoms with Gasteiger partial charge in [-0.1, -0.05) is 0 Å². The second-order valence-corrected chi connectivity index (χ2v) is 6.16. The van der Waals surface area contributed by atoms with Crippen molar-refractivity contribution < 1.29 is 18.3 Å². The number of rotatable bonds is 5. The summed E-state index contributed by atoms with van der Waals surface area (Å²) >= 11 is 0. The molecule has 88 valence electrons. The molecule has 1 aliphatic rings. The van der Waals surface area contributed by atoms with Crippen LogP contribution in [0, 0.1) is 0 Å². The largest absolute Gasteiger partial charge is 0.396 e. The van der Waals surface area contributed by atoms with Gasteiger partial charge in [0.2, 0.25) is 5.91 Å². The van der Waals surface area contributed by atoms with Gasteiger partial charge in [0.25, 0.3) is 0 Å². The molecule has 0 aromatic carbocycles. The molecule has 1 unspecified atom stereocenters. The van der Waals surface area contributed by atoms with Crippen molar-refractivity contribution in [3.63, 3.8) is 0 Å². The van der Waals surface area contributed by atoms with E-state index < -0.39 is 15.1 Å². The Bertz CT molecular complexity index is 312. The highest BCUT2D eigenvalue weighted by Gasteiger charge is 2.31. The second kappa shape index (κ2) is 5.46. The molecule has 0 aromatic heterocycles. The molecule has 1 aliphatic heterocycles.